The lowest BCUT2D eigenvalue weighted by molar-refractivity contribution is -0.132. The van der Waals surface area contributed by atoms with E-state index in [1.54, 1.807) is 0 Å². The van der Waals surface area contributed by atoms with E-state index in [2.05, 4.69) is 4.74 Å². The molecular weight excluding hydrogens is 140 g/mol. The Balaban J connectivity index is 2.53. The third-order valence-electron chi connectivity index (χ3n) is 1.52. The Morgan fingerprint density at radius 1 is 1.10 bits per heavy atom. The molecule has 0 aromatic heterocycles. The highest BCUT2D eigenvalue weighted by Gasteiger charge is 2.41. The summed E-state index contributed by atoms with van der Waals surface area (Å²) in [6, 6.07) is 0. The van der Waals surface area contributed by atoms with Crippen molar-refractivity contribution in [3.8, 4) is 0 Å². The monoisotopic (exact) mass is 150 g/mol. The first-order chi connectivity index (χ1) is 4.66. The minimum Gasteiger partial charge on any atom is -0.394 e. The third-order valence-corrected chi connectivity index (χ3v) is 1.52. The average molecular weight is 150 g/mol. The van der Waals surface area contributed by atoms with Gasteiger partial charge in [0.25, 0.3) is 0 Å². The van der Waals surface area contributed by atoms with E-state index in [0.717, 1.165) is 0 Å². The van der Waals surface area contributed by atoms with E-state index in [9.17, 15) is 0 Å². The maximum absolute atomic E-state index is 8.93. The topological polar surface area (TPSA) is 90.2 Å². The lowest BCUT2D eigenvalue weighted by Gasteiger charge is -2.09. The van der Waals surface area contributed by atoms with Gasteiger partial charge in [0.2, 0.25) is 0 Å². The van der Waals surface area contributed by atoms with Crippen LogP contribution in [0.2, 0.25) is 0 Å². The van der Waals surface area contributed by atoms with Crippen LogP contribution in [0, 0.1) is 0 Å². The zero-order valence-electron chi connectivity index (χ0n) is 5.21. The first-order valence-electron chi connectivity index (χ1n) is 2.97. The fraction of sp³-hybridized carbons (Fsp3) is 1.00. The van der Waals surface area contributed by atoms with Crippen LogP contribution >= 0.6 is 0 Å². The van der Waals surface area contributed by atoms with Crippen molar-refractivity contribution in [3.63, 3.8) is 0 Å². The second-order valence-corrected chi connectivity index (χ2v) is 2.23. The van der Waals surface area contributed by atoms with Gasteiger partial charge in [-0.05, 0) is 0 Å². The summed E-state index contributed by atoms with van der Waals surface area (Å²) in [5.74, 6) is 0. The molecule has 60 valence electrons. The highest BCUT2D eigenvalue weighted by Crippen LogP contribution is 2.18. The average Bonchev–Trinajstić information content (AvgIpc) is 2.17. The van der Waals surface area contributed by atoms with E-state index in [1.165, 1.54) is 0 Å². The number of hydrogen-bond donors (Lipinski definition) is 4. The molecule has 5 heteroatoms. The van der Waals surface area contributed by atoms with Crippen molar-refractivity contribution in [1.29, 1.82) is 0 Å². The molecule has 0 aliphatic carbocycles. The molecule has 1 saturated heterocycles. The number of ether oxygens (including phenoxy) is 1. The van der Waals surface area contributed by atoms with E-state index >= 15 is 0 Å². The molecular formula is C5H10O5. The van der Waals surface area contributed by atoms with Gasteiger partial charge in [-0.2, -0.15) is 0 Å². The van der Waals surface area contributed by atoms with Gasteiger partial charge < -0.3 is 25.2 Å². The highest BCUT2D eigenvalue weighted by molar-refractivity contribution is 4.84. The van der Waals surface area contributed by atoms with Gasteiger partial charge in [0, 0.05) is 0 Å². The predicted molar refractivity (Wildman–Crippen MR) is 30.0 cm³/mol. The fourth-order valence-electron chi connectivity index (χ4n) is 0.880. The van der Waals surface area contributed by atoms with Gasteiger partial charge in [-0.15, -0.1) is 0 Å². The van der Waals surface area contributed by atoms with Crippen LogP contribution in [0.15, 0.2) is 0 Å². The molecule has 0 bridgehead atoms. The Morgan fingerprint density at radius 3 is 1.90 bits per heavy atom. The van der Waals surface area contributed by atoms with Crippen molar-refractivity contribution in [3.05, 3.63) is 0 Å². The molecule has 0 aromatic rings. The van der Waals surface area contributed by atoms with E-state index in [0.29, 0.717) is 0 Å². The van der Waals surface area contributed by atoms with Crippen LogP contribution in [-0.2, 0) is 4.74 Å². The van der Waals surface area contributed by atoms with Crippen LogP contribution in [-0.4, -0.2) is 51.6 Å². The fourth-order valence-corrected chi connectivity index (χ4v) is 0.880. The van der Waals surface area contributed by atoms with Gasteiger partial charge in [-0.1, -0.05) is 0 Å². The van der Waals surface area contributed by atoms with Crippen molar-refractivity contribution in [1.82, 2.24) is 0 Å². The Hall–Kier alpha value is -0.200. The molecule has 5 nitrogen and oxygen atoms in total. The molecule has 0 amide bonds. The Labute approximate surface area is 57.5 Å². The van der Waals surface area contributed by atoms with Gasteiger partial charge in [-0.25, -0.2) is 0 Å². The summed E-state index contributed by atoms with van der Waals surface area (Å²) in [7, 11) is 0. The first-order valence-corrected chi connectivity index (χ1v) is 2.97. The SMILES string of the molecule is OC[C@@H]1OC(O)[C@@H](O)C1O. The molecule has 1 aliphatic rings. The van der Waals surface area contributed by atoms with E-state index in [1.807, 2.05) is 0 Å². The molecule has 0 saturated carbocycles. The Kier molecular flexibility index (Phi) is 2.22. The normalized spacial score (nSPS) is 48.0. The summed E-state index contributed by atoms with van der Waals surface area (Å²) < 4.78 is 4.54. The quantitative estimate of drug-likeness (QED) is 0.329. The number of hydrogen-bond acceptors (Lipinski definition) is 5. The van der Waals surface area contributed by atoms with Crippen LogP contribution in [0.3, 0.4) is 0 Å². The summed E-state index contributed by atoms with van der Waals surface area (Å²) in [6.45, 7) is -0.407. The maximum Gasteiger partial charge on any atom is 0.184 e. The predicted octanol–water partition coefficient (Wildman–Crippen LogP) is -2.58. The van der Waals surface area contributed by atoms with Crippen LogP contribution in [0.1, 0.15) is 0 Å². The third kappa shape index (κ3) is 1.14. The summed E-state index contributed by atoms with van der Waals surface area (Å²) in [5.41, 5.74) is 0. The van der Waals surface area contributed by atoms with E-state index in [4.69, 9.17) is 20.4 Å². The van der Waals surface area contributed by atoms with E-state index < -0.39 is 31.2 Å². The number of rotatable bonds is 1. The van der Waals surface area contributed by atoms with Gasteiger partial charge in [0.15, 0.2) is 6.29 Å². The molecule has 1 fully saturated rings. The minimum atomic E-state index is -1.38. The van der Waals surface area contributed by atoms with Crippen LogP contribution in [0.5, 0.6) is 0 Å². The van der Waals surface area contributed by atoms with Gasteiger partial charge in [-0.3, -0.25) is 0 Å². The van der Waals surface area contributed by atoms with Crippen molar-refractivity contribution < 1.29 is 25.2 Å². The summed E-state index contributed by atoms with van der Waals surface area (Å²) in [6.07, 6.45) is -4.76. The van der Waals surface area contributed by atoms with Crippen molar-refractivity contribution in [2.24, 2.45) is 0 Å². The lowest BCUT2D eigenvalue weighted by atomic mass is 10.1. The zero-order valence-corrected chi connectivity index (χ0v) is 5.21. The Bertz CT molecular complexity index is 117. The Morgan fingerprint density at radius 2 is 1.70 bits per heavy atom. The number of aliphatic hydroxyl groups excluding tert-OH is 4. The summed E-state index contributed by atoms with van der Waals surface area (Å²) in [4.78, 5) is 0. The minimum absolute atomic E-state index is 0.407. The van der Waals surface area contributed by atoms with Crippen molar-refractivity contribution in [2.45, 2.75) is 24.6 Å². The number of aliphatic hydroxyl groups is 4. The molecule has 4 atom stereocenters. The highest BCUT2D eigenvalue weighted by atomic mass is 16.6. The smallest absolute Gasteiger partial charge is 0.184 e. The molecule has 0 radical (unpaired) electrons. The lowest BCUT2D eigenvalue weighted by Crippen LogP contribution is -2.33. The second kappa shape index (κ2) is 2.81. The second-order valence-electron chi connectivity index (χ2n) is 2.23. The summed E-state index contributed by atoms with van der Waals surface area (Å²) >= 11 is 0. The van der Waals surface area contributed by atoms with Crippen LogP contribution < -0.4 is 0 Å². The van der Waals surface area contributed by atoms with Crippen molar-refractivity contribution in [2.75, 3.05) is 6.61 Å². The molecule has 0 aromatic carbocycles. The van der Waals surface area contributed by atoms with Gasteiger partial charge >= 0.3 is 0 Å². The van der Waals surface area contributed by atoms with Gasteiger partial charge in [0.1, 0.15) is 18.3 Å². The molecule has 1 heterocycles. The maximum atomic E-state index is 8.93. The molecule has 10 heavy (non-hydrogen) atoms. The zero-order chi connectivity index (χ0) is 7.72. The molecule has 2 unspecified atom stereocenters. The molecule has 0 spiro atoms. The van der Waals surface area contributed by atoms with Crippen LogP contribution in [0.4, 0.5) is 0 Å². The largest absolute Gasteiger partial charge is 0.394 e. The summed E-state index contributed by atoms with van der Waals surface area (Å²) in [5, 5.41) is 35.0. The molecule has 1 aliphatic heterocycles. The first kappa shape index (κ1) is 7.90. The van der Waals surface area contributed by atoms with Crippen molar-refractivity contribution >= 4 is 0 Å². The standard InChI is InChI=1S/C5H10O5/c6-1-2-3(7)4(8)5(9)10-2/h2-9H,1H2/t2-,3?,4-,5?/m0/s1. The molecule has 4 N–H and O–H groups in total. The molecule has 1 rings (SSSR count). The van der Waals surface area contributed by atoms with Crippen LogP contribution in [0.25, 0.3) is 0 Å². The van der Waals surface area contributed by atoms with E-state index in [-0.39, 0.29) is 0 Å². The van der Waals surface area contributed by atoms with Gasteiger partial charge in [0.05, 0.1) is 6.61 Å².